The van der Waals surface area contributed by atoms with Gasteiger partial charge in [-0.25, -0.2) is 4.79 Å². The highest BCUT2D eigenvalue weighted by atomic mass is 32.2. The minimum absolute atomic E-state index is 0.188. The van der Waals surface area contributed by atoms with Crippen LogP contribution in [-0.4, -0.2) is 90.3 Å². The third-order valence-electron chi connectivity index (χ3n) is 3.78. The molecule has 1 aliphatic heterocycles. The normalized spacial score (nSPS) is 16.0. The van der Waals surface area contributed by atoms with Crippen LogP contribution in [0.3, 0.4) is 0 Å². The van der Waals surface area contributed by atoms with Gasteiger partial charge in [0.05, 0.1) is 25.7 Å². The molecule has 0 fully saturated rings. The molecule has 0 aromatic rings. The Balaban J connectivity index is 2.59. The summed E-state index contributed by atoms with van der Waals surface area (Å²) in [5.41, 5.74) is 0. The number of nitrogens with zero attached hydrogens (tertiary/aromatic N) is 2. The topological polar surface area (TPSA) is 60.2 Å². The Morgan fingerprint density at radius 2 is 1.96 bits per heavy atom. The van der Waals surface area contributed by atoms with E-state index in [1.54, 1.807) is 21.3 Å². The number of carbonyl (C=O) groups excluding carboxylic acids is 1. The van der Waals surface area contributed by atoms with Crippen molar-refractivity contribution in [3.8, 4) is 0 Å². The van der Waals surface area contributed by atoms with Crippen molar-refractivity contribution in [3.05, 3.63) is 0 Å². The van der Waals surface area contributed by atoms with Crippen molar-refractivity contribution in [3.63, 3.8) is 0 Å². The van der Waals surface area contributed by atoms with E-state index < -0.39 is 8.80 Å². The average molecular weight is 366 g/mol. The summed E-state index contributed by atoms with van der Waals surface area (Å²) in [4.78, 5) is 14.0. The number of ether oxygens (including phenoxy) is 1. The molecule has 0 saturated carbocycles. The van der Waals surface area contributed by atoms with E-state index in [0.29, 0.717) is 18.5 Å². The van der Waals surface area contributed by atoms with Crippen molar-refractivity contribution in [1.82, 2.24) is 4.90 Å². The molecule has 0 radical (unpaired) electrons. The molecule has 0 spiro atoms. The van der Waals surface area contributed by atoms with Crippen molar-refractivity contribution in [2.24, 2.45) is 0 Å². The molecular weight excluding hydrogens is 336 g/mol. The summed E-state index contributed by atoms with van der Waals surface area (Å²) < 4.78 is 23.5. The lowest BCUT2D eigenvalue weighted by Crippen LogP contribution is -2.45. The Kier molecular flexibility index (Phi) is 9.80. The number of hydrogen-bond acceptors (Lipinski definition) is 7. The smallest absolute Gasteiger partial charge is 0.452 e. The molecule has 1 rings (SSSR count). The monoisotopic (exact) mass is 365 g/mol. The Labute approximate surface area is 144 Å². The first-order valence-electron chi connectivity index (χ1n) is 7.72. The third-order valence-corrected chi connectivity index (χ3v) is 6.83. The van der Waals surface area contributed by atoms with Gasteiger partial charge in [0.25, 0.3) is 0 Å². The fourth-order valence-corrected chi connectivity index (χ4v) is 4.36. The number of rotatable bonds is 10. The van der Waals surface area contributed by atoms with Crippen molar-refractivity contribution in [1.29, 1.82) is 0 Å². The Bertz CT molecular complexity index is 385. The van der Waals surface area contributed by atoms with Crippen molar-refractivity contribution in [2.45, 2.75) is 18.9 Å². The highest BCUT2D eigenvalue weighted by molar-refractivity contribution is 7.98. The van der Waals surface area contributed by atoms with Gasteiger partial charge in [0, 0.05) is 21.3 Å². The second-order valence-electron chi connectivity index (χ2n) is 5.30. The summed E-state index contributed by atoms with van der Waals surface area (Å²) in [6, 6.07) is 0.706. The molecule has 0 unspecified atom stereocenters. The summed E-state index contributed by atoms with van der Waals surface area (Å²) in [5, 5.41) is 0. The van der Waals surface area contributed by atoms with E-state index >= 15 is 0 Å². The summed E-state index contributed by atoms with van der Waals surface area (Å²) in [7, 11) is 2.31. The Hall–Kier alpha value is -0.613. The Morgan fingerprint density at radius 1 is 1.26 bits per heavy atom. The first kappa shape index (κ1) is 20.4. The van der Waals surface area contributed by atoms with Crippen molar-refractivity contribution >= 4 is 32.9 Å². The molecule has 0 aromatic heterocycles. The predicted octanol–water partition coefficient (Wildman–Crippen LogP) is 0.865. The van der Waals surface area contributed by atoms with E-state index in [9.17, 15) is 4.79 Å². The largest absolute Gasteiger partial charge is 0.504 e. The van der Waals surface area contributed by atoms with Crippen LogP contribution in [0.1, 0.15) is 12.8 Å². The van der Waals surface area contributed by atoms with E-state index in [4.69, 9.17) is 18.0 Å². The van der Waals surface area contributed by atoms with Crippen molar-refractivity contribution < 1.29 is 27.4 Å². The van der Waals surface area contributed by atoms with Gasteiger partial charge in [-0.3, -0.25) is 9.48 Å². The predicted molar refractivity (Wildman–Crippen MR) is 92.9 cm³/mol. The van der Waals surface area contributed by atoms with Crippen LogP contribution in [0, 0.1) is 0 Å². The van der Waals surface area contributed by atoms with Gasteiger partial charge in [0.1, 0.15) is 5.94 Å². The van der Waals surface area contributed by atoms with E-state index in [2.05, 4.69) is 4.90 Å². The van der Waals surface area contributed by atoms with E-state index in [1.807, 2.05) is 17.2 Å². The molecule has 7 nitrogen and oxygen atoms in total. The summed E-state index contributed by atoms with van der Waals surface area (Å²) in [6.07, 6.45) is 6.08. The fraction of sp³-hybridized carbons (Fsp3) is 0.857. The summed E-state index contributed by atoms with van der Waals surface area (Å²) in [5.74, 6) is 0.215. The second kappa shape index (κ2) is 11.0. The van der Waals surface area contributed by atoms with Gasteiger partial charge in [0.15, 0.2) is 6.54 Å². The van der Waals surface area contributed by atoms with Crippen LogP contribution in [0.4, 0.5) is 0 Å². The minimum atomic E-state index is -2.56. The van der Waals surface area contributed by atoms with Gasteiger partial charge >= 0.3 is 14.8 Å². The molecule has 0 saturated heterocycles. The van der Waals surface area contributed by atoms with Crippen LogP contribution in [-0.2, 0) is 22.8 Å². The molecule has 23 heavy (non-hydrogen) atoms. The van der Waals surface area contributed by atoms with E-state index in [1.165, 1.54) is 11.8 Å². The molecule has 1 aliphatic rings. The number of carbonyl (C=O) groups is 1. The van der Waals surface area contributed by atoms with Gasteiger partial charge in [-0.15, -0.1) is 11.8 Å². The number of thioether (sulfide) groups is 1. The van der Waals surface area contributed by atoms with Gasteiger partial charge in [0.2, 0.25) is 6.34 Å². The zero-order chi connectivity index (χ0) is 17.1. The third kappa shape index (κ3) is 7.21. The second-order valence-corrected chi connectivity index (χ2v) is 9.20. The molecule has 1 heterocycles. The van der Waals surface area contributed by atoms with Crippen LogP contribution < -0.4 is 0 Å². The molecule has 9 heteroatoms. The lowest BCUT2D eigenvalue weighted by Gasteiger charge is -2.25. The molecule has 0 bridgehead atoms. The molecular formula is C14H29N2O5SSi+. The Morgan fingerprint density at radius 3 is 2.57 bits per heavy atom. The van der Waals surface area contributed by atoms with Crippen LogP contribution in [0.2, 0.25) is 6.04 Å². The molecule has 0 amide bonds. The van der Waals surface area contributed by atoms with Crippen molar-refractivity contribution in [2.75, 3.05) is 59.7 Å². The van der Waals surface area contributed by atoms with Crippen LogP contribution in [0.25, 0.3) is 0 Å². The number of hydrogen-bond donors (Lipinski definition) is 0. The van der Waals surface area contributed by atoms with E-state index in [-0.39, 0.29) is 5.97 Å². The molecule has 0 aliphatic carbocycles. The summed E-state index contributed by atoms with van der Waals surface area (Å²) >= 11 is 1.50. The first-order chi connectivity index (χ1) is 11.1. The fourth-order valence-electron chi connectivity index (χ4n) is 2.44. The zero-order valence-corrected chi connectivity index (χ0v) is 16.4. The highest BCUT2D eigenvalue weighted by Crippen LogP contribution is 2.13. The minimum Gasteiger partial charge on any atom is -0.452 e. The van der Waals surface area contributed by atoms with Crippen LogP contribution in [0.5, 0.6) is 0 Å². The SMILES string of the molecule is CO[Si](CCN1C=[N+](CC(=O)OCSC)CCCC1)(OC)OC. The number of esters is 1. The zero-order valence-electron chi connectivity index (χ0n) is 14.6. The molecule has 0 N–H and O–H groups in total. The summed E-state index contributed by atoms with van der Waals surface area (Å²) in [6.45, 7) is 2.89. The molecule has 134 valence electrons. The molecule has 0 aromatic carbocycles. The molecule has 0 atom stereocenters. The lowest BCUT2D eigenvalue weighted by molar-refractivity contribution is -0.517. The van der Waals surface area contributed by atoms with Gasteiger partial charge in [-0.1, -0.05) is 0 Å². The van der Waals surface area contributed by atoms with Gasteiger partial charge in [-0.05, 0) is 19.1 Å². The van der Waals surface area contributed by atoms with Gasteiger partial charge < -0.3 is 18.0 Å². The maximum Gasteiger partial charge on any atom is 0.504 e. The highest BCUT2D eigenvalue weighted by Gasteiger charge is 2.39. The van der Waals surface area contributed by atoms with E-state index in [0.717, 1.165) is 32.5 Å². The maximum absolute atomic E-state index is 11.8. The van der Waals surface area contributed by atoms with Crippen LogP contribution >= 0.6 is 11.8 Å². The van der Waals surface area contributed by atoms with Gasteiger partial charge in [-0.2, -0.15) is 0 Å². The first-order valence-corrected chi connectivity index (χ1v) is 11.0. The average Bonchev–Trinajstić information content (AvgIpc) is 2.80. The quantitative estimate of drug-likeness (QED) is 0.246. The standard InChI is InChI=1S/C14H29N2O5SSi/c1-18-23(19-2,20-3)10-9-15-7-5-6-8-16(12-15)11-14(17)21-13-22-4/h12H,5-11,13H2,1-4H3/q+1. The van der Waals surface area contributed by atoms with Crippen LogP contribution in [0.15, 0.2) is 0 Å². The maximum atomic E-state index is 11.8. The lowest BCUT2D eigenvalue weighted by atomic mass is 10.3.